The number of carbonyl (C=O) groups excluding carboxylic acids is 1. The van der Waals surface area contributed by atoms with E-state index in [0.29, 0.717) is 54.9 Å². The van der Waals surface area contributed by atoms with Gasteiger partial charge in [-0.1, -0.05) is 0 Å². The highest BCUT2D eigenvalue weighted by atomic mass is 32.2. The molecule has 3 aromatic rings. The van der Waals surface area contributed by atoms with Crippen molar-refractivity contribution in [3.63, 3.8) is 0 Å². The van der Waals surface area contributed by atoms with Crippen molar-refractivity contribution in [3.8, 4) is 5.75 Å². The summed E-state index contributed by atoms with van der Waals surface area (Å²) in [6.45, 7) is 2.12. The summed E-state index contributed by atoms with van der Waals surface area (Å²) in [4.78, 5) is 14.4. The first kappa shape index (κ1) is 23.4. The first-order valence-corrected chi connectivity index (χ1v) is 12.1. The molecule has 2 aromatic carbocycles. The van der Waals surface area contributed by atoms with E-state index in [9.17, 15) is 13.2 Å². The monoisotopic (exact) mass is 483 g/mol. The fraction of sp³-hybridized carbons (Fsp3) is 0.208. The number of sulfonamides is 1. The Bertz CT molecular complexity index is 1250. The second-order valence-corrected chi connectivity index (χ2v) is 9.10. The van der Waals surface area contributed by atoms with Gasteiger partial charge in [-0.25, -0.2) is 8.42 Å². The van der Waals surface area contributed by atoms with Crippen LogP contribution in [0.2, 0.25) is 0 Å². The van der Waals surface area contributed by atoms with Crippen LogP contribution < -0.4 is 19.7 Å². The molecular formula is C24H25N3O6S. The molecule has 0 aliphatic carbocycles. The van der Waals surface area contributed by atoms with Crippen LogP contribution in [0.15, 0.2) is 76.2 Å². The number of hydrogen-bond donors (Lipinski definition) is 2. The molecule has 1 amide bonds. The highest BCUT2D eigenvalue weighted by Crippen LogP contribution is 2.31. The Labute approximate surface area is 198 Å². The maximum Gasteiger partial charge on any atom is 0.264 e. The summed E-state index contributed by atoms with van der Waals surface area (Å²) in [5, 5.41) is 2.71. The van der Waals surface area contributed by atoms with Crippen molar-refractivity contribution in [1.29, 1.82) is 0 Å². The van der Waals surface area contributed by atoms with E-state index in [0.717, 1.165) is 0 Å². The van der Waals surface area contributed by atoms with E-state index < -0.39 is 15.9 Å². The predicted molar refractivity (Wildman–Crippen MR) is 130 cm³/mol. The van der Waals surface area contributed by atoms with Crippen LogP contribution in [0.1, 0.15) is 5.76 Å². The Morgan fingerprint density at radius 2 is 1.79 bits per heavy atom. The molecular weight excluding hydrogens is 458 g/mol. The number of carbonyl (C=O) groups is 1. The second-order valence-electron chi connectivity index (χ2n) is 7.45. The average molecular weight is 484 g/mol. The summed E-state index contributed by atoms with van der Waals surface area (Å²) in [5.74, 6) is 0.732. The Morgan fingerprint density at radius 3 is 2.47 bits per heavy atom. The molecule has 10 heteroatoms. The largest absolute Gasteiger partial charge is 0.497 e. The van der Waals surface area contributed by atoms with Crippen molar-refractivity contribution in [2.75, 3.05) is 48.4 Å². The van der Waals surface area contributed by atoms with E-state index in [1.807, 2.05) is 4.90 Å². The molecule has 0 spiro atoms. The lowest BCUT2D eigenvalue weighted by Crippen LogP contribution is -2.37. The van der Waals surface area contributed by atoms with Gasteiger partial charge < -0.3 is 24.1 Å². The molecule has 1 aliphatic rings. The van der Waals surface area contributed by atoms with E-state index in [1.165, 1.54) is 31.6 Å². The fourth-order valence-electron chi connectivity index (χ4n) is 3.47. The molecule has 0 atom stereocenters. The van der Waals surface area contributed by atoms with Gasteiger partial charge in [0.1, 0.15) is 16.4 Å². The van der Waals surface area contributed by atoms with Crippen molar-refractivity contribution >= 4 is 39.1 Å². The molecule has 34 heavy (non-hydrogen) atoms. The zero-order chi connectivity index (χ0) is 24.0. The van der Waals surface area contributed by atoms with Crippen LogP contribution in [-0.4, -0.2) is 47.7 Å². The lowest BCUT2D eigenvalue weighted by atomic mass is 10.2. The molecule has 1 fully saturated rings. The van der Waals surface area contributed by atoms with Gasteiger partial charge in [-0.2, -0.15) is 0 Å². The molecule has 178 valence electrons. The van der Waals surface area contributed by atoms with E-state index in [1.54, 1.807) is 48.5 Å². The van der Waals surface area contributed by atoms with Crippen LogP contribution in [-0.2, 0) is 19.6 Å². The minimum Gasteiger partial charge on any atom is -0.497 e. The lowest BCUT2D eigenvalue weighted by molar-refractivity contribution is -0.111. The third kappa shape index (κ3) is 5.77. The molecule has 9 nitrogen and oxygen atoms in total. The fourth-order valence-corrected chi connectivity index (χ4v) is 4.78. The van der Waals surface area contributed by atoms with Crippen LogP contribution in [0.3, 0.4) is 0 Å². The first-order valence-electron chi connectivity index (χ1n) is 10.6. The number of rotatable bonds is 8. The minimum atomic E-state index is -3.98. The zero-order valence-corrected chi connectivity index (χ0v) is 19.4. The summed E-state index contributed by atoms with van der Waals surface area (Å²) in [6, 6.07) is 14.8. The van der Waals surface area contributed by atoms with E-state index in [4.69, 9.17) is 13.9 Å². The summed E-state index contributed by atoms with van der Waals surface area (Å²) >= 11 is 0. The highest BCUT2D eigenvalue weighted by Gasteiger charge is 2.24. The van der Waals surface area contributed by atoms with Gasteiger partial charge in [0.2, 0.25) is 5.91 Å². The van der Waals surface area contributed by atoms with Gasteiger partial charge in [0.15, 0.2) is 0 Å². The normalized spacial score (nSPS) is 14.2. The number of anilines is 3. The smallest absolute Gasteiger partial charge is 0.264 e. The van der Waals surface area contributed by atoms with E-state index in [2.05, 4.69) is 10.0 Å². The minimum absolute atomic E-state index is 0.0537. The Balaban J connectivity index is 1.62. The Morgan fingerprint density at radius 1 is 1.06 bits per heavy atom. The van der Waals surface area contributed by atoms with Gasteiger partial charge in [-0.3, -0.25) is 9.52 Å². The maximum absolute atomic E-state index is 13.4. The number of nitrogens with one attached hydrogen (secondary N) is 2. The van der Waals surface area contributed by atoms with E-state index in [-0.39, 0.29) is 4.90 Å². The predicted octanol–water partition coefficient (Wildman–Crippen LogP) is 3.58. The molecule has 1 aliphatic heterocycles. The van der Waals surface area contributed by atoms with Crippen LogP contribution >= 0.6 is 0 Å². The topological polar surface area (TPSA) is 110 Å². The molecule has 0 radical (unpaired) electrons. The number of nitrogens with zero attached hydrogens (tertiary/aromatic N) is 1. The van der Waals surface area contributed by atoms with Crippen LogP contribution in [0.4, 0.5) is 17.1 Å². The molecule has 0 saturated carbocycles. The summed E-state index contributed by atoms with van der Waals surface area (Å²) in [5.41, 5.74) is 1.28. The van der Waals surface area contributed by atoms with Gasteiger partial charge in [0, 0.05) is 30.5 Å². The number of methoxy groups -OCH3 is 1. The molecule has 2 heterocycles. The lowest BCUT2D eigenvalue weighted by Gasteiger charge is -2.30. The van der Waals surface area contributed by atoms with Gasteiger partial charge >= 0.3 is 0 Å². The van der Waals surface area contributed by atoms with Gasteiger partial charge in [0.05, 0.1) is 32.3 Å². The van der Waals surface area contributed by atoms with Gasteiger partial charge in [-0.05, 0) is 60.7 Å². The quantitative estimate of drug-likeness (QED) is 0.471. The van der Waals surface area contributed by atoms with Crippen LogP contribution in [0.25, 0.3) is 6.08 Å². The zero-order valence-electron chi connectivity index (χ0n) is 18.6. The maximum atomic E-state index is 13.4. The third-order valence-corrected chi connectivity index (χ3v) is 6.56. The molecule has 0 unspecified atom stereocenters. The summed E-state index contributed by atoms with van der Waals surface area (Å²) in [7, 11) is -2.44. The van der Waals surface area contributed by atoms with Crippen LogP contribution in [0, 0.1) is 0 Å². The Kier molecular flexibility index (Phi) is 7.19. The average Bonchev–Trinajstić information content (AvgIpc) is 3.37. The molecule has 0 bridgehead atoms. The van der Waals surface area contributed by atoms with Crippen molar-refractivity contribution < 1.29 is 27.1 Å². The van der Waals surface area contributed by atoms with E-state index >= 15 is 0 Å². The molecule has 2 N–H and O–H groups in total. The standard InChI is InChI=1S/C24H25N3O6S/c1-31-20-7-4-18(5-8-20)26-34(29,30)23-17-19(6-10-22(23)27-12-15-32-16-13-27)25-24(28)11-9-21-3-2-14-33-21/h2-11,14,17,26H,12-13,15-16H2,1H3,(H,25,28)/b11-9+. The van der Waals surface area contributed by atoms with Crippen molar-refractivity contribution in [2.45, 2.75) is 4.90 Å². The van der Waals surface area contributed by atoms with Gasteiger partial charge in [-0.15, -0.1) is 0 Å². The number of hydrogen-bond acceptors (Lipinski definition) is 7. The summed E-state index contributed by atoms with van der Waals surface area (Å²) < 4.78 is 45.1. The molecule has 1 saturated heterocycles. The van der Waals surface area contributed by atoms with Crippen molar-refractivity contribution in [3.05, 3.63) is 72.7 Å². The van der Waals surface area contributed by atoms with Crippen LogP contribution in [0.5, 0.6) is 5.75 Å². The van der Waals surface area contributed by atoms with Gasteiger partial charge in [0.25, 0.3) is 10.0 Å². The highest BCUT2D eigenvalue weighted by molar-refractivity contribution is 7.92. The number of ether oxygens (including phenoxy) is 2. The number of amides is 1. The third-order valence-electron chi connectivity index (χ3n) is 5.15. The summed E-state index contributed by atoms with van der Waals surface area (Å²) in [6.07, 6.45) is 4.35. The number of morpholine rings is 1. The second kappa shape index (κ2) is 10.4. The SMILES string of the molecule is COc1ccc(NS(=O)(=O)c2cc(NC(=O)/C=C/c3ccco3)ccc2N2CCOCC2)cc1. The van der Waals surface area contributed by atoms with Crippen molar-refractivity contribution in [2.24, 2.45) is 0 Å². The first-order chi connectivity index (χ1) is 16.4. The molecule has 4 rings (SSSR count). The molecule has 1 aromatic heterocycles. The van der Waals surface area contributed by atoms with Crippen molar-refractivity contribution in [1.82, 2.24) is 0 Å². The number of benzene rings is 2. The Hall–Kier alpha value is -3.76. The number of furan rings is 1.